The molecule has 2 aromatic rings. The van der Waals surface area contributed by atoms with Crippen molar-refractivity contribution in [1.29, 1.82) is 0 Å². The number of halogens is 1. The van der Waals surface area contributed by atoms with Crippen molar-refractivity contribution >= 4 is 26.8 Å². The molecule has 0 saturated heterocycles. The van der Waals surface area contributed by atoms with Crippen molar-refractivity contribution in [2.24, 2.45) is 0 Å². The summed E-state index contributed by atoms with van der Waals surface area (Å²) >= 11 is 3.43. The minimum absolute atomic E-state index is 0.266. The maximum Gasteiger partial charge on any atom is 0.176 e. The molecule has 86 valence electrons. The minimum Gasteiger partial charge on any atom is -0.354 e. The predicted molar refractivity (Wildman–Crippen MR) is 65.2 cm³/mol. The van der Waals surface area contributed by atoms with E-state index in [2.05, 4.69) is 21.0 Å². The smallest absolute Gasteiger partial charge is 0.176 e. The molecular formula is C11H13BrN2O2. The molecule has 0 radical (unpaired) electrons. The van der Waals surface area contributed by atoms with Crippen LogP contribution in [-0.4, -0.2) is 30.3 Å². The van der Waals surface area contributed by atoms with Gasteiger partial charge in [-0.3, -0.25) is 4.68 Å². The third kappa shape index (κ3) is 2.42. The van der Waals surface area contributed by atoms with E-state index in [1.165, 1.54) is 0 Å². The highest BCUT2D eigenvalue weighted by atomic mass is 79.9. The van der Waals surface area contributed by atoms with Crippen molar-refractivity contribution in [1.82, 2.24) is 9.78 Å². The second-order valence-corrected chi connectivity index (χ2v) is 4.37. The molecule has 0 aliphatic heterocycles. The van der Waals surface area contributed by atoms with E-state index in [1.54, 1.807) is 14.2 Å². The first kappa shape index (κ1) is 11.6. The van der Waals surface area contributed by atoms with Crippen molar-refractivity contribution in [3.05, 3.63) is 28.9 Å². The van der Waals surface area contributed by atoms with E-state index >= 15 is 0 Å². The Balaban J connectivity index is 2.25. The molecule has 5 heteroatoms. The highest BCUT2D eigenvalue weighted by molar-refractivity contribution is 9.10. The molecule has 0 spiro atoms. The average molecular weight is 285 g/mol. The van der Waals surface area contributed by atoms with Gasteiger partial charge in [0.05, 0.1) is 12.1 Å². The van der Waals surface area contributed by atoms with Gasteiger partial charge < -0.3 is 9.47 Å². The largest absolute Gasteiger partial charge is 0.354 e. The lowest BCUT2D eigenvalue weighted by Gasteiger charge is -2.12. The van der Waals surface area contributed by atoms with Gasteiger partial charge in [-0.1, -0.05) is 15.9 Å². The summed E-state index contributed by atoms with van der Waals surface area (Å²) in [5.41, 5.74) is 0.967. The van der Waals surface area contributed by atoms with Gasteiger partial charge in [-0.15, -0.1) is 0 Å². The first-order chi connectivity index (χ1) is 7.72. The Morgan fingerprint density at radius 1 is 1.38 bits per heavy atom. The topological polar surface area (TPSA) is 36.3 Å². The Hall–Kier alpha value is -0.910. The molecule has 16 heavy (non-hydrogen) atoms. The number of hydrogen-bond acceptors (Lipinski definition) is 3. The summed E-state index contributed by atoms with van der Waals surface area (Å²) in [6.07, 6.45) is 1.71. The van der Waals surface area contributed by atoms with Crippen LogP contribution in [0.1, 0.15) is 0 Å². The number of methoxy groups -OCH3 is 2. The third-order valence-corrected chi connectivity index (χ3v) is 2.87. The van der Waals surface area contributed by atoms with Crippen molar-refractivity contribution < 1.29 is 9.47 Å². The fraction of sp³-hybridized carbons (Fsp3) is 0.364. The van der Waals surface area contributed by atoms with Gasteiger partial charge in [-0.05, 0) is 18.2 Å². The monoisotopic (exact) mass is 284 g/mol. The fourth-order valence-corrected chi connectivity index (χ4v) is 1.92. The molecule has 0 aliphatic carbocycles. The highest BCUT2D eigenvalue weighted by Gasteiger charge is 2.08. The molecule has 0 atom stereocenters. The van der Waals surface area contributed by atoms with Crippen molar-refractivity contribution in [2.45, 2.75) is 12.8 Å². The van der Waals surface area contributed by atoms with E-state index < -0.39 is 0 Å². The standard InChI is InChI=1S/C11H13BrN2O2/c1-15-11(16-2)7-14-6-8-5-9(12)3-4-10(8)13-14/h3-6,11H,7H2,1-2H3. The molecule has 4 nitrogen and oxygen atoms in total. The van der Waals surface area contributed by atoms with E-state index in [-0.39, 0.29) is 6.29 Å². The van der Waals surface area contributed by atoms with E-state index in [1.807, 2.05) is 29.1 Å². The average Bonchev–Trinajstić information content (AvgIpc) is 2.67. The van der Waals surface area contributed by atoms with E-state index in [4.69, 9.17) is 9.47 Å². The Bertz CT molecular complexity index is 480. The molecule has 0 saturated carbocycles. The Labute approximate surface area is 102 Å². The van der Waals surface area contributed by atoms with Crippen LogP contribution in [0.25, 0.3) is 10.9 Å². The van der Waals surface area contributed by atoms with Gasteiger partial charge in [-0.2, -0.15) is 5.10 Å². The SMILES string of the molecule is COC(Cn1cc2cc(Br)ccc2n1)OC. The number of nitrogens with zero attached hydrogens (tertiary/aromatic N) is 2. The third-order valence-electron chi connectivity index (χ3n) is 2.38. The number of rotatable bonds is 4. The van der Waals surface area contributed by atoms with Gasteiger partial charge in [0.1, 0.15) is 0 Å². The zero-order valence-electron chi connectivity index (χ0n) is 9.18. The number of benzene rings is 1. The summed E-state index contributed by atoms with van der Waals surface area (Å²) in [6, 6.07) is 5.99. The number of aromatic nitrogens is 2. The lowest BCUT2D eigenvalue weighted by molar-refractivity contribution is -0.112. The quantitative estimate of drug-likeness (QED) is 0.809. The van der Waals surface area contributed by atoms with Gasteiger partial charge in [-0.25, -0.2) is 0 Å². The maximum absolute atomic E-state index is 5.13. The Morgan fingerprint density at radius 2 is 2.12 bits per heavy atom. The first-order valence-electron chi connectivity index (χ1n) is 4.91. The maximum atomic E-state index is 5.13. The lowest BCUT2D eigenvalue weighted by Crippen LogP contribution is -2.20. The molecule has 1 heterocycles. The van der Waals surface area contributed by atoms with Gasteiger partial charge in [0.2, 0.25) is 0 Å². The molecule has 0 aliphatic rings. The molecule has 0 amide bonds. The second kappa shape index (κ2) is 4.95. The zero-order chi connectivity index (χ0) is 11.5. The van der Waals surface area contributed by atoms with Crippen molar-refractivity contribution in [3.8, 4) is 0 Å². The predicted octanol–water partition coefficient (Wildman–Crippen LogP) is 2.42. The summed E-state index contributed by atoms with van der Waals surface area (Å²) in [4.78, 5) is 0. The summed E-state index contributed by atoms with van der Waals surface area (Å²) in [6.45, 7) is 0.583. The summed E-state index contributed by atoms with van der Waals surface area (Å²) in [5.74, 6) is 0. The lowest BCUT2D eigenvalue weighted by atomic mass is 10.3. The van der Waals surface area contributed by atoms with E-state index in [0.717, 1.165) is 15.4 Å². The van der Waals surface area contributed by atoms with Crippen LogP contribution in [0.5, 0.6) is 0 Å². The molecule has 0 fully saturated rings. The number of hydrogen-bond donors (Lipinski definition) is 0. The summed E-state index contributed by atoms with van der Waals surface area (Å²) in [7, 11) is 3.24. The number of fused-ring (bicyclic) bond motifs is 1. The zero-order valence-corrected chi connectivity index (χ0v) is 10.8. The van der Waals surface area contributed by atoms with Crippen LogP contribution in [0.3, 0.4) is 0 Å². The molecule has 0 bridgehead atoms. The minimum atomic E-state index is -0.266. The van der Waals surface area contributed by atoms with Crippen molar-refractivity contribution in [2.75, 3.05) is 14.2 Å². The van der Waals surface area contributed by atoms with Crippen LogP contribution >= 0.6 is 15.9 Å². The summed E-state index contributed by atoms with van der Waals surface area (Å²) < 4.78 is 13.1. The normalized spacial score (nSPS) is 11.5. The fourth-order valence-electron chi connectivity index (χ4n) is 1.54. The number of ether oxygens (including phenoxy) is 2. The Kier molecular flexibility index (Phi) is 3.58. The van der Waals surface area contributed by atoms with Crippen LogP contribution in [0.4, 0.5) is 0 Å². The summed E-state index contributed by atoms with van der Waals surface area (Å²) in [5, 5.41) is 5.52. The molecular weight excluding hydrogens is 272 g/mol. The van der Waals surface area contributed by atoms with Crippen LogP contribution in [-0.2, 0) is 16.0 Å². The molecule has 0 N–H and O–H groups in total. The molecule has 1 aromatic carbocycles. The van der Waals surface area contributed by atoms with Gasteiger partial charge >= 0.3 is 0 Å². The van der Waals surface area contributed by atoms with Crippen LogP contribution in [0.2, 0.25) is 0 Å². The molecule has 2 rings (SSSR count). The van der Waals surface area contributed by atoms with E-state index in [0.29, 0.717) is 6.54 Å². The first-order valence-corrected chi connectivity index (χ1v) is 5.70. The van der Waals surface area contributed by atoms with Crippen LogP contribution in [0.15, 0.2) is 28.9 Å². The second-order valence-electron chi connectivity index (χ2n) is 3.46. The van der Waals surface area contributed by atoms with Gasteiger partial charge in [0.25, 0.3) is 0 Å². The van der Waals surface area contributed by atoms with Gasteiger partial charge in [0.15, 0.2) is 6.29 Å². The highest BCUT2D eigenvalue weighted by Crippen LogP contribution is 2.18. The van der Waals surface area contributed by atoms with Crippen LogP contribution in [0, 0.1) is 0 Å². The van der Waals surface area contributed by atoms with E-state index in [9.17, 15) is 0 Å². The Morgan fingerprint density at radius 3 is 2.81 bits per heavy atom. The van der Waals surface area contributed by atoms with Gasteiger partial charge in [0, 0.05) is 30.3 Å². The van der Waals surface area contributed by atoms with Crippen molar-refractivity contribution in [3.63, 3.8) is 0 Å². The van der Waals surface area contributed by atoms with Crippen LogP contribution < -0.4 is 0 Å². The molecule has 1 aromatic heterocycles. The molecule has 0 unspecified atom stereocenters.